The van der Waals surface area contributed by atoms with Crippen LogP contribution in [0.2, 0.25) is 0 Å². The summed E-state index contributed by atoms with van der Waals surface area (Å²) < 4.78 is 35.3. The van der Waals surface area contributed by atoms with Gasteiger partial charge >= 0.3 is 0 Å². The van der Waals surface area contributed by atoms with E-state index in [-0.39, 0.29) is 28.9 Å². The van der Waals surface area contributed by atoms with Crippen LogP contribution in [0.3, 0.4) is 0 Å². The smallest absolute Gasteiger partial charge is 0.276 e. The molecule has 192 valence electrons. The van der Waals surface area contributed by atoms with E-state index in [0.717, 1.165) is 6.07 Å². The van der Waals surface area contributed by atoms with E-state index in [1.807, 2.05) is 13.0 Å². The Morgan fingerprint density at radius 2 is 1.86 bits per heavy atom. The number of benzene rings is 1. The third kappa shape index (κ3) is 6.19. The van der Waals surface area contributed by atoms with Gasteiger partial charge in [0.1, 0.15) is 11.6 Å². The summed E-state index contributed by atoms with van der Waals surface area (Å²) in [5.41, 5.74) is 13.6. The normalized spacial score (nSPS) is 12.0. The number of allylic oxidation sites excluding steroid dienone is 4. The Hall–Kier alpha value is -4.53. The first-order valence-corrected chi connectivity index (χ1v) is 11.5. The molecule has 0 atom stereocenters. The van der Waals surface area contributed by atoms with Gasteiger partial charge in [0.2, 0.25) is 0 Å². The van der Waals surface area contributed by atoms with Gasteiger partial charge in [-0.2, -0.15) is 0 Å². The first kappa shape index (κ1) is 27.1. The number of amides is 1. The highest BCUT2D eigenvalue weighted by molar-refractivity contribution is 6.00. The number of aryl methyl sites for hydroxylation is 1. The number of carbonyl (C=O) groups is 1. The van der Waals surface area contributed by atoms with Gasteiger partial charge in [0.15, 0.2) is 17.3 Å². The number of rotatable bonds is 8. The van der Waals surface area contributed by atoms with E-state index >= 15 is 4.39 Å². The molecule has 0 saturated heterocycles. The number of hydrogen-bond acceptors (Lipinski definition) is 6. The zero-order chi connectivity index (χ0) is 27.3. The lowest BCUT2D eigenvalue weighted by molar-refractivity contribution is 0.0963. The second kappa shape index (κ2) is 11.5. The van der Waals surface area contributed by atoms with Crippen LogP contribution in [0.4, 0.5) is 20.3 Å². The summed E-state index contributed by atoms with van der Waals surface area (Å²) in [6.45, 7) is 10.9. The molecule has 0 aliphatic heterocycles. The molecule has 7 nitrogen and oxygen atoms in total. The molecule has 0 aliphatic rings. The average Bonchev–Trinajstić information content (AvgIpc) is 2.83. The summed E-state index contributed by atoms with van der Waals surface area (Å²) in [6, 6.07) is 8.47. The molecule has 0 unspecified atom stereocenters. The first-order chi connectivity index (χ1) is 17.5. The van der Waals surface area contributed by atoms with E-state index in [1.54, 1.807) is 39.0 Å². The van der Waals surface area contributed by atoms with E-state index in [2.05, 4.69) is 21.9 Å². The lowest BCUT2D eigenvalue weighted by Gasteiger charge is -2.15. The Labute approximate surface area is 214 Å². The molecule has 2 heterocycles. The number of nitrogen functional groups attached to an aromatic ring is 2. The molecule has 0 bridgehead atoms. The van der Waals surface area contributed by atoms with E-state index in [4.69, 9.17) is 16.2 Å². The van der Waals surface area contributed by atoms with Gasteiger partial charge < -0.3 is 21.5 Å². The van der Waals surface area contributed by atoms with Crippen molar-refractivity contribution in [3.05, 3.63) is 95.5 Å². The third-order valence-electron chi connectivity index (χ3n) is 5.18. The number of pyridine rings is 2. The quantitative estimate of drug-likeness (QED) is 0.344. The number of carbonyl (C=O) groups excluding carboxylic acids is 1. The Bertz CT molecular complexity index is 1390. The van der Waals surface area contributed by atoms with Crippen molar-refractivity contribution < 1.29 is 18.3 Å². The van der Waals surface area contributed by atoms with Crippen LogP contribution in [0, 0.1) is 18.6 Å². The number of ether oxygens (including phenoxy) is 1. The zero-order valence-electron chi connectivity index (χ0n) is 21.1. The summed E-state index contributed by atoms with van der Waals surface area (Å²) in [7, 11) is 0. The van der Waals surface area contributed by atoms with Gasteiger partial charge in [0.25, 0.3) is 5.91 Å². The number of halogens is 2. The van der Waals surface area contributed by atoms with Gasteiger partial charge in [-0.1, -0.05) is 18.7 Å². The minimum atomic E-state index is -0.926. The highest BCUT2D eigenvalue weighted by atomic mass is 19.1. The lowest BCUT2D eigenvalue weighted by Crippen LogP contribution is -2.25. The molecule has 0 saturated carbocycles. The van der Waals surface area contributed by atoms with Crippen molar-refractivity contribution in [3.63, 3.8) is 0 Å². The van der Waals surface area contributed by atoms with Crippen LogP contribution in [0.1, 0.15) is 42.5 Å². The molecule has 9 heteroatoms. The Kier molecular flexibility index (Phi) is 8.39. The fraction of sp³-hybridized carbons (Fsp3) is 0.179. The number of nitrogens with one attached hydrogen (secondary N) is 1. The third-order valence-corrected chi connectivity index (χ3v) is 5.18. The number of nitrogens with zero attached hydrogens (tertiary/aromatic N) is 2. The van der Waals surface area contributed by atoms with Crippen molar-refractivity contribution in [1.82, 2.24) is 15.3 Å². The number of hydrogen-bond donors (Lipinski definition) is 3. The largest absolute Gasteiger partial charge is 0.488 e. The fourth-order valence-corrected chi connectivity index (χ4v) is 3.67. The van der Waals surface area contributed by atoms with Crippen LogP contribution >= 0.6 is 0 Å². The molecule has 3 rings (SSSR count). The highest BCUT2D eigenvalue weighted by Gasteiger charge is 2.22. The van der Waals surface area contributed by atoms with Gasteiger partial charge in [-0.05, 0) is 75.7 Å². The van der Waals surface area contributed by atoms with Crippen molar-refractivity contribution in [1.29, 1.82) is 0 Å². The summed E-state index contributed by atoms with van der Waals surface area (Å²) in [5, 5.41) is 2.75. The van der Waals surface area contributed by atoms with Crippen molar-refractivity contribution in [2.75, 3.05) is 11.5 Å². The Balaban J connectivity index is 2.07. The SMILES string of the molecule is C=C/C(NC(=O)c1nc(-c2c(F)ccc(OC(C)C)c2F)ccc1N)=C(\C=C/C)c1cc(C)nc(N)c1. The molecule has 0 aliphatic carbocycles. The maximum atomic E-state index is 15.1. The van der Waals surface area contributed by atoms with Crippen molar-refractivity contribution in [2.24, 2.45) is 0 Å². The Morgan fingerprint density at radius 1 is 1.14 bits per heavy atom. The molecular weight excluding hydrogens is 476 g/mol. The summed E-state index contributed by atoms with van der Waals surface area (Å²) in [6.07, 6.45) is 4.71. The standard InChI is InChI=1S/C28H29F2N5O2/c1-6-8-18(17-13-16(5)33-24(32)14-17)21(7-2)35-28(36)27-20(31)10-11-22(34-27)25-19(29)9-12-23(26(25)30)37-15(3)4/h6-15H,2,31H2,1,3-5H3,(H2,32,33)(H,35,36)/b8-6-,21-18-. The van der Waals surface area contributed by atoms with Gasteiger partial charge in [-0.15, -0.1) is 0 Å². The molecule has 0 radical (unpaired) electrons. The highest BCUT2D eigenvalue weighted by Crippen LogP contribution is 2.32. The molecule has 1 amide bonds. The topological polar surface area (TPSA) is 116 Å². The number of anilines is 2. The number of aromatic nitrogens is 2. The second-order valence-electron chi connectivity index (χ2n) is 8.44. The van der Waals surface area contributed by atoms with E-state index in [9.17, 15) is 9.18 Å². The van der Waals surface area contributed by atoms with Gasteiger partial charge in [-0.3, -0.25) is 4.79 Å². The summed E-state index contributed by atoms with van der Waals surface area (Å²) >= 11 is 0. The molecular formula is C28H29F2N5O2. The van der Waals surface area contributed by atoms with Gasteiger partial charge in [-0.25, -0.2) is 18.7 Å². The lowest BCUT2D eigenvalue weighted by atomic mass is 10.0. The van der Waals surface area contributed by atoms with Crippen LogP contribution in [0.15, 0.2) is 66.9 Å². The second-order valence-corrected chi connectivity index (χ2v) is 8.44. The van der Waals surface area contributed by atoms with Crippen molar-refractivity contribution in [2.45, 2.75) is 33.8 Å². The molecule has 1 aromatic carbocycles. The molecule has 37 heavy (non-hydrogen) atoms. The predicted octanol–water partition coefficient (Wildman–Crippen LogP) is 5.59. The van der Waals surface area contributed by atoms with Crippen molar-refractivity contribution >= 4 is 23.0 Å². The van der Waals surface area contributed by atoms with Crippen LogP contribution in [-0.2, 0) is 0 Å². The molecule has 2 aromatic heterocycles. The van der Waals surface area contributed by atoms with Crippen LogP contribution in [0.25, 0.3) is 16.8 Å². The summed E-state index contributed by atoms with van der Waals surface area (Å²) in [5.74, 6) is -2.28. The van der Waals surface area contributed by atoms with E-state index < -0.39 is 23.1 Å². The minimum Gasteiger partial charge on any atom is -0.488 e. The van der Waals surface area contributed by atoms with Gasteiger partial charge in [0, 0.05) is 17.0 Å². The van der Waals surface area contributed by atoms with Crippen LogP contribution in [0.5, 0.6) is 5.75 Å². The fourth-order valence-electron chi connectivity index (χ4n) is 3.67. The monoisotopic (exact) mass is 505 g/mol. The Morgan fingerprint density at radius 3 is 2.49 bits per heavy atom. The van der Waals surface area contributed by atoms with Crippen molar-refractivity contribution in [3.8, 4) is 17.0 Å². The van der Waals surface area contributed by atoms with E-state index in [0.29, 0.717) is 28.3 Å². The maximum absolute atomic E-state index is 15.1. The predicted molar refractivity (Wildman–Crippen MR) is 143 cm³/mol. The van der Waals surface area contributed by atoms with Crippen LogP contribution in [-0.4, -0.2) is 22.0 Å². The molecule has 0 spiro atoms. The average molecular weight is 506 g/mol. The maximum Gasteiger partial charge on any atom is 0.276 e. The van der Waals surface area contributed by atoms with E-state index in [1.165, 1.54) is 24.3 Å². The molecule has 3 aromatic rings. The molecule has 5 N–H and O–H groups in total. The van der Waals surface area contributed by atoms with Gasteiger partial charge in [0.05, 0.1) is 23.0 Å². The van der Waals surface area contributed by atoms with Crippen LogP contribution < -0.4 is 21.5 Å². The number of nitrogens with two attached hydrogens (primary N) is 2. The molecule has 0 fully saturated rings. The minimum absolute atomic E-state index is 0.0247. The first-order valence-electron chi connectivity index (χ1n) is 11.5. The zero-order valence-corrected chi connectivity index (χ0v) is 21.1. The summed E-state index contributed by atoms with van der Waals surface area (Å²) in [4.78, 5) is 21.6.